The molecule has 3 aliphatic rings. The molecule has 4 rings (SSSR count). The van der Waals surface area contributed by atoms with Crippen LogP contribution < -0.4 is 15.5 Å². The fraction of sp³-hybridized carbons (Fsp3) is 0.619. The second-order valence-electron chi connectivity index (χ2n) is 8.22. The third-order valence-electron chi connectivity index (χ3n) is 6.10. The Morgan fingerprint density at radius 2 is 1.93 bits per heavy atom. The van der Waals surface area contributed by atoms with Crippen LogP contribution >= 0.6 is 0 Å². The van der Waals surface area contributed by atoms with Gasteiger partial charge in [-0.1, -0.05) is 18.2 Å². The van der Waals surface area contributed by atoms with E-state index in [-0.39, 0.29) is 17.9 Å². The van der Waals surface area contributed by atoms with Crippen LogP contribution in [0.4, 0.5) is 10.5 Å². The molecule has 2 atom stereocenters. The van der Waals surface area contributed by atoms with Gasteiger partial charge in [-0.15, -0.1) is 0 Å². The monoisotopic (exact) mass is 370 g/mol. The topological polar surface area (TPSA) is 64.7 Å². The van der Waals surface area contributed by atoms with E-state index in [1.54, 1.807) is 0 Å². The van der Waals surface area contributed by atoms with Crippen molar-refractivity contribution in [3.05, 3.63) is 29.8 Å². The number of amides is 3. The SMILES string of the molecule is CN1CC[C@@H](CNC(=O)N2CCC[C@H](C(=O)NC3CC3)C2)c2ccccc21. The smallest absolute Gasteiger partial charge is 0.317 e. The maximum absolute atomic E-state index is 12.7. The van der Waals surface area contributed by atoms with Gasteiger partial charge in [0, 0.05) is 50.9 Å². The van der Waals surface area contributed by atoms with Gasteiger partial charge >= 0.3 is 6.03 Å². The Balaban J connectivity index is 1.31. The summed E-state index contributed by atoms with van der Waals surface area (Å²) >= 11 is 0. The van der Waals surface area contributed by atoms with E-state index in [1.807, 2.05) is 4.90 Å². The molecule has 1 aliphatic carbocycles. The lowest BCUT2D eigenvalue weighted by molar-refractivity contribution is -0.126. The largest absolute Gasteiger partial charge is 0.374 e. The highest BCUT2D eigenvalue weighted by atomic mass is 16.2. The first-order valence-electron chi connectivity index (χ1n) is 10.2. The van der Waals surface area contributed by atoms with Crippen LogP contribution in [0.2, 0.25) is 0 Å². The summed E-state index contributed by atoms with van der Waals surface area (Å²) in [7, 11) is 2.12. The van der Waals surface area contributed by atoms with Crippen molar-refractivity contribution in [3.63, 3.8) is 0 Å². The summed E-state index contributed by atoms with van der Waals surface area (Å²) in [6.45, 7) is 2.93. The molecule has 6 nitrogen and oxygen atoms in total. The minimum atomic E-state index is -0.0610. The molecule has 2 N–H and O–H groups in total. The zero-order valence-electron chi connectivity index (χ0n) is 16.1. The van der Waals surface area contributed by atoms with Crippen LogP contribution in [0.1, 0.15) is 43.6 Å². The number of carbonyl (C=O) groups is 2. The fourth-order valence-corrected chi connectivity index (χ4v) is 4.26. The number of piperidine rings is 1. The molecule has 0 unspecified atom stereocenters. The average molecular weight is 370 g/mol. The lowest BCUT2D eigenvalue weighted by Gasteiger charge is -2.35. The van der Waals surface area contributed by atoms with Crippen LogP contribution in [0.15, 0.2) is 24.3 Å². The first kappa shape index (κ1) is 18.1. The van der Waals surface area contributed by atoms with Gasteiger partial charge in [0.15, 0.2) is 0 Å². The fourth-order valence-electron chi connectivity index (χ4n) is 4.26. The number of anilines is 1. The van der Waals surface area contributed by atoms with Gasteiger partial charge in [0.2, 0.25) is 5.91 Å². The number of hydrogen-bond donors (Lipinski definition) is 2. The van der Waals surface area contributed by atoms with E-state index >= 15 is 0 Å². The molecule has 1 aromatic rings. The first-order valence-corrected chi connectivity index (χ1v) is 10.2. The average Bonchev–Trinajstić information content (AvgIpc) is 3.51. The van der Waals surface area contributed by atoms with Crippen molar-refractivity contribution in [2.45, 2.75) is 44.1 Å². The molecule has 2 fully saturated rings. The molecule has 1 saturated carbocycles. The predicted molar refractivity (Wildman–Crippen MR) is 106 cm³/mol. The van der Waals surface area contributed by atoms with Gasteiger partial charge in [-0.2, -0.15) is 0 Å². The Bertz CT molecular complexity index is 703. The predicted octanol–water partition coefficient (Wildman–Crippen LogP) is 2.31. The highest BCUT2D eigenvalue weighted by molar-refractivity contribution is 5.81. The number of carbonyl (C=O) groups excluding carboxylic acids is 2. The summed E-state index contributed by atoms with van der Waals surface area (Å²) in [6, 6.07) is 8.80. The van der Waals surface area contributed by atoms with Gasteiger partial charge in [0.1, 0.15) is 0 Å². The zero-order chi connectivity index (χ0) is 18.8. The standard InChI is InChI=1S/C21H30N4O2/c1-24-12-10-15(18-6-2-3-7-19(18)24)13-22-21(27)25-11-4-5-16(14-25)20(26)23-17-8-9-17/h2-3,6-7,15-17H,4-5,8-14H2,1H3,(H,22,27)(H,23,26)/t15-,16-/m0/s1. The van der Waals surface area contributed by atoms with Crippen molar-refractivity contribution in [1.82, 2.24) is 15.5 Å². The Morgan fingerprint density at radius 1 is 1.11 bits per heavy atom. The molecule has 27 heavy (non-hydrogen) atoms. The van der Waals surface area contributed by atoms with Crippen LogP contribution in [-0.2, 0) is 4.79 Å². The minimum Gasteiger partial charge on any atom is -0.374 e. The maximum atomic E-state index is 12.7. The summed E-state index contributed by atoms with van der Waals surface area (Å²) in [4.78, 5) is 29.1. The number of likely N-dealkylation sites (tertiary alicyclic amines) is 1. The molecule has 146 valence electrons. The van der Waals surface area contributed by atoms with Gasteiger partial charge in [0.05, 0.1) is 5.92 Å². The van der Waals surface area contributed by atoms with E-state index < -0.39 is 0 Å². The summed E-state index contributed by atoms with van der Waals surface area (Å²) in [5.74, 6) is 0.411. The van der Waals surface area contributed by atoms with Gasteiger partial charge < -0.3 is 20.4 Å². The second kappa shape index (κ2) is 7.79. The maximum Gasteiger partial charge on any atom is 0.317 e. The van der Waals surface area contributed by atoms with Gasteiger partial charge in [0.25, 0.3) is 0 Å². The number of nitrogens with one attached hydrogen (secondary N) is 2. The number of rotatable bonds is 4. The molecular formula is C21H30N4O2. The van der Waals surface area contributed by atoms with Gasteiger partial charge in [-0.05, 0) is 43.7 Å². The number of hydrogen-bond acceptors (Lipinski definition) is 3. The normalized spacial score (nSPS) is 24.9. The molecule has 3 amide bonds. The van der Waals surface area contributed by atoms with Crippen molar-refractivity contribution in [3.8, 4) is 0 Å². The van der Waals surface area contributed by atoms with Crippen molar-refractivity contribution in [2.75, 3.05) is 38.1 Å². The molecule has 6 heteroatoms. The van der Waals surface area contributed by atoms with E-state index in [0.717, 1.165) is 45.2 Å². The molecule has 0 radical (unpaired) electrons. The molecular weight excluding hydrogens is 340 g/mol. The van der Waals surface area contributed by atoms with Crippen LogP contribution in [-0.4, -0.2) is 56.1 Å². The van der Waals surface area contributed by atoms with Crippen molar-refractivity contribution in [1.29, 1.82) is 0 Å². The molecule has 2 aliphatic heterocycles. The van der Waals surface area contributed by atoms with E-state index in [0.29, 0.717) is 25.0 Å². The number of nitrogens with zero attached hydrogens (tertiary/aromatic N) is 2. The van der Waals surface area contributed by atoms with Gasteiger partial charge in [-0.25, -0.2) is 4.79 Å². The Kier molecular flexibility index (Phi) is 5.23. The van der Waals surface area contributed by atoms with E-state index in [9.17, 15) is 9.59 Å². The van der Waals surface area contributed by atoms with Crippen molar-refractivity contribution in [2.24, 2.45) is 5.92 Å². The molecule has 0 spiro atoms. The molecule has 1 saturated heterocycles. The first-order chi connectivity index (χ1) is 13.1. The van der Waals surface area contributed by atoms with E-state index in [2.05, 4.69) is 46.8 Å². The number of fused-ring (bicyclic) bond motifs is 1. The Morgan fingerprint density at radius 3 is 2.74 bits per heavy atom. The van der Waals surface area contributed by atoms with Crippen LogP contribution in [0, 0.1) is 5.92 Å². The third kappa shape index (κ3) is 4.20. The third-order valence-corrected chi connectivity index (χ3v) is 6.10. The quantitative estimate of drug-likeness (QED) is 0.855. The Hall–Kier alpha value is -2.24. The number of benzene rings is 1. The second-order valence-corrected chi connectivity index (χ2v) is 8.22. The lowest BCUT2D eigenvalue weighted by atomic mass is 9.90. The number of para-hydroxylation sites is 1. The highest BCUT2D eigenvalue weighted by Crippen LogP contribution is 2.33. The van der Waals surface area contributed by atoms with Crippen LogP contribution in [0.25, 0.3) is 0 Å². The summed E-state index contributed by atoms with van der Waals surface area (Å²) in [6.07, 6.45) is 5.01. The zero-order valence-corrected chi connectivity index (χ0v) is 16.1. The summed E-state index contributed by atoms with van der Waals surface area (Å²) in [5.41, 5.74) is 2.57. The molecule has 0 aromatic heterocycles. The van der Waals surface area contributed by atoms with E-state index in [4.69, 9.17) is 0 Å². The van der Waals surface area contributed by atoms with Crippen molar-refractivity contribution >= 4 is 17.6 Å². The Labute approximate surface area is 161 Å². The molecule has 0 bridgehead atoms. The van der Waals surface area contributed by atoms with Crippen LogP contribution in [0.3, 0.4) is 0 Å². The lowest BCUT2D eigenvalue weighted by Crippen LogP contribution is -2.50. The number of urea groups is 1. The minimum absolute atomic E-state index is 0.0321. The van der Waals surface area contributed by atoms with E-state index in [1.165, 1.54) is 11.3 Å². The van der Waals surface area contributed by atoms with Gasteiger partial charge in [-0.3, -0.25) is 4.79 Å². The molecule has 2 heterocycles. The summed E-state index contributed by atoms with van der Waals surface area (Å²) < 4.78 is 0. The van der Waals surface area contributed by atoms with Crippen molar-refractivity contribution < 1.29 is 9.59 Å². The van der Waals surface area contributed by atoms with Crippen LogP contribution in [0.5, 0.6) is 0 Å². The summed E-state index contributed by atoms with van der Waals surface area (Å²) in [5, 5.41) is 6.21. The molecule has 1 aromatic carbocycles. The highest BCUT2D eigenvalue weighted by Gasteiger charge is 2.32.